The summed E-state index contributed by atoms with van der Waals surface area (Å²) in [4.78, 5) is 22.4. The Labute approximate surface area is 152 Å². The normalized spacial score (nSPS) is 15.7. The van der Waals surface area contributed by atoms with Gasteiger partial charge in [-0.2, -0.15) is 0 Å². The average Bonchev–Trinajstić information content (AvgIpc) is 2.88. The molecule has 0 saturated carbocycles. The summed E-state index contributed by atoms with van der Waals surface area (Å²) < 4.78 is 0. The molecule has 1 fully saturated rings. The van der Waals surface area contributed by atoms with E-state index in [1.54, 1.807) is 11.3 Å². The van der Waals surface area contributed by atoms with Crippen LogP contribution in [0.25, 0.3) is 0 Å². The number of rotatable bonds is 4. The predicted molar refractivity (Wildman–Crippen MR) is 98.6 cm³/mol. The Balaban J connectivity index is 1.50. The molecule has 1 aromatic heterocycles. The number of carbonyl (C=O) groups excluding carboxylic acids is 1. The van der Waals surface area contributed by atoms with E-state index in [0.717, 1.165) is 53.3 Å². The average molecular weight is 364 g/mol. The van der Waals surface area contributed by atoms with Crippen molar-refractivity contribution in [3.63, 3.8) is 0 Å². The van der Waals surface area contributed by atoms with Crippen LogP contribution in [0.2, 0.25) is 5.02 Å². The molecule has 0 atom stereocenters. The first-order valence-corrected chi connectivity index (χ1v) is 9.38. The van der Waals surface area contributed by atoms with Gasteiger partial charge in [-0.05, 0) is 31.5 Å². The van der Waals surface area contributed by atoms with Gasteiger partial charge in [0.1, 0.15) is 0 Å². The molecule has 1 saturated heterocycles. The van der Waals surface area contributed by atoms with Crippen LogP contribution in [0, 0.1) is 13.8 Å². The summed E-state index contributed by atoms with van der Waals surface area (Å²) in [6, 6.07) is 7.98. The summed E-state index contributed by atoms with van der Waals surface area (Å²) in [5.74, 6) is 0.216. The number of thiazole rings is 1. The number of halogens is 1. The standard InChI is InChI=1S/C18H22ClN3OS/c1-13-17(24-14(2)20-13)11-18(23)22-9-7-21(8-10-22)12-15-3-5-16(19)6-4-15/h3-6H,7-12H2,1-2H3. The zero-order valence-corrected chi connectivity index (χ0v) is 15.7. The van der Waals surface area contributed by atoms with Crippen LogP contribution in [0.15, 0.2) is 24.3 Å². The highest BCUT2D eigenvalue weighted by molar-refractivity contribution is 7.11. The predicted octanol–water partition coefficient (Wildman–Crippen LogP) is 3.30. The Kier molecular flexibility index (Phi) is 5.54. The summed E-state index contributed by atoms with van der Waals surface area (Å²) in [6.07, 6.45) is 0.481. The van der Waals surface area contributed by atoms with E-state index in [1.165, 1.54) is 5.56 Å². The lowest BCUT2D eigenvalue weighted by atomic mass is 10.2. The van der Waals surface area contributed by atoms with Crippen LogP contribution in [0.5, 0.6) is 0 Å². The molecule has 0 N–H and O–H groups in total. The van der Waals surface area contributed by atoms with Gasteiger partial charge in [-0.15, -0.1) is 11.3 Å². The molecule has 2 heterocycles. The van der Waals surface area contributed by atoms with Crippen LogP contribution < -0.4 is 0 Å². The molecular weight excluding hydrogens is 342 g/mol. The summed E-state index contributed by atoms with van der Waals surface area (Å²) in [7, 11) is 0. The van der Waals surface area contributed by atoms with Crippen molar-refractivity contribution in [1.82, 2.24) is 14.8 Å². The van der Waals surface area contributed by atoms with Crippen LogP contribution in [-0.2, 0) is 17.8 Å². The molecule has 1 aromatic carbocycles. The SMILES string of the molecule is Cc1nc(C)c(CC(=O)N2CCN(Cc3ccc(Cl)cc3)CC2)s1. The molecule has 3 rings (SSSR count). The maximum atomic E-state index is 12.5. The van der Waals surface area contributed by atoms with Gasteiger partial charge in [-0.1, -0.05) is 23.7 Å². The number of piperazine rings is 1. The highest BCUT2D eigenvalue weighted by Gasteiger charge is 2.22. The van der Waals surface area contributed by atoms with E-state index in [4.69, 9.17) is 11.6 Å². The number of carbonyl (C=O) groups is 1. The van der Waals surface area contributed by atoms with E-state index in [-0.39, 0.29) is 5.91 Å². The van der Waals surface area contributed by atoms with Crippen LogP contribution in [0.4, 0.5) is 0 Å². The van der Waals surface area contributed by atoms with Gasteiger partial charge in [0, 0.05) is 42.6 Å². The molecule has 1 aliphatic rings. The molecule has 128 valence electrons. The number of amides is 1. The van der Waals surface area contributed by atoms with Crippen molar-refractivity contribution in [1.29, 1.82) is 0 Å². The third-order valence-corrected chi connectivity index (χ3v) is 5.68. The van der Waals surface area contributed by atoms with Gasteiger partial charge in [0.05, 0.1) is 17.1 Å². The van der Waals surface area contributed by atoms with Gasteiger partial charge >= 0.3 is 0 Å². The lowest BCUT2D eigenvalue weighted by Crippen LogP contribution is -2.48. The molecule has 6 heteroatoms. The van der Waals surface area contributed by atoms with Crippen molar-refractivity contribution < 1.29 is 4.79 Å². The number of hydrogen-bond donors (Lipinski definition) is 0. The number of hydrogen-bond acceptors (Lipinski definition) is 4. The second kappa shape index (κ2) is 7.64. The van der Waals surface area contributed by atoms with Gasteiger partial charge in [0.25, 0.3) is 0 Å². The van der Waals surface area contributed by atoms with Crippen LogP contribution in [-0.4, -0.2) is 46.9 Å². The maximum Gasteiger partial charge on any atom is 0.227 e. The number of nitrogens with zero attached hydrogens (tertiary/aromatic N) is 3. The van der Waals surface area contributed by atoms with Crippen molar-refractivity contribution in [3.8, 4) is 0 Å². The van der Waals surface area contributed by atoms with Crippen molar-refractivity contribution in [3.05, 3.63) is 50.4 Å². The lowest BCUT2D eigenvalue weighted by molar-refractivity contribution is -0.132. The number of aromatic nitrogens is 1. The van der Waals surface area contributed by atoms with Gasteiger partial charge in [0.2, 0.25) is 5.91 Å². The number of aryl methyl sites for hydroxylation is 2. The van der Waals surface area contributed by atoms with E-state index in [9.17, 15) is 4.79 Å². The largest absolute Gasteiger partial charge is 0.340 e. The van der Waals surface area contributed by atoms with Crippen molar-refractivity contribution >= 4 is 28.8 Å². The van der Waals surface area contributed by atoms with E-state index in [0.29, 0.717) is 6.42 Å². The minimum absolute atomic E-state index is 0.216. The van der Waals surface area contributed by atoms with Crippen LogP contribution in [0.3, 0.4) is 0 Å². The zero-order chi connectivity index (χ0) is 17.1. The smallest absolute Gasteiger partial charge is 0.227 e. The molecular formula is C18H22ClN3OS. The molecule has 0 aliphatic carbocycles. The van der Waals surface area contributed by atoms with Crippen molar-refractivity contribution in [2.75, 3.05) is 26.2 Å². The Morgan fingerprint density at radius 3 is 2.42 bits per heavy atom. The van der Waals surface area contributed by atoms with E-state index in [2.05, 4.69) is 22.0 Å². The van der Waals surface area contributed by atoms with Gasteiger partial charge in [0.15, 0.2) is 0 Å². The maximum absolute atomic E-state index is 12.5. The molecule has 0 unspecified atom stereocenters. The van der Waals surface area contributed by atoms with Gasteiger partial charge in [-0.3, -0.25) is 9.69 Å². The molecule has 1 amide bonds. The van der Waals surface area contributed by atoms with Crippen molar-refractivity contribution in [2.24, 2.45) is 0 Å². The fourth-order valence-corrected chi connectivity index (χ4v) is 4.04. The second-order valence-corrected chi connectivity index (χ2v) is 7.93. The monoisotopic (exact) mass is 363 g/mol. The fraction of sp³-hybridized carbons (Fsp3) is 0.444. The first-order chi connectivity index (χ1) is 11.5. The third-order valence-electron chi connectivity index (χ3n) is 4.36. The molecule has 0 radical (unpaired) electrons. The molecule has 2 aromatic rings. The van der Waals surface area contributed by atoms with E-state index < -0.39 is 0 Å². The summed E-state index contributed by atoms with van der Waals surface area (Å²) >= 11 is 7.56. The first-order valence-electron chi connectivity index (χ1n) is 8.19. The summed E-state index contributed by atoms with van der Waals surface area (Å²) in [5, 5.41) is 1.80. The highest BCUT2D eigenvalue weighted by atomic mass is 35.5. The Hall–Kier alpha value is -1.43. The van der Waals surface area contributed by atoms with E-state index in [1.807, 2.05) is 30.9 Å². The first kappa shape index (κ1) is 17.4. The summed E-state index contributed by atoms with van der Waals surface area (Å²) in [5.41, 5.74) is 2.25. The molecule has 24 heavy (non-hydrogen) atoms. The van der Waals surface area contributed by atoms with Gasteiger partial charge < -0.3 is 4.90 Å². The van der Waals surface area contributed by atoms with Crippen molar-refractivity contribution in [2.45, 2.75) is 26.8 Å². The van der Waals surface area contributed by atoms with Gasteiger partial charge in [-0.25, -0.2) is 4.98 Å². The quantitative estimate of drug-likeness (QED) is 0.836. The minimum Gasteiger partial charge on any atom is -0.340 e. The molecule has 1 aliphatic heterocycles. The zero-order valence-electron chi connectivity index (χ0n) is 14.1. The molecule has 0 bridgehead atoms. The van der Waals surface area contributed by atoms with Crippen LogP contribution in [0.1, 0.15) is 21.1 Å². The fourth-order valence-electron chi connectivity index (χ4n) is 2.99. The Morgan fingerprint density at radius 1 is 1.17 bits per heavy atom. The molecule has 4 nitrogen and oxygen atoms in total. The van der Waals surface area contributed by atoms with Crippen LogP contribution >= 0.6 is 22.9 Å². The third kappa shape index (κ3) is 4.35. The second-order valence-electron chi connectivity index (χ2n) is 6.20. The summed E-state index contributed by atoms with van der Waals surface area (Å²) in [6.45, 7) is 8.29. The molecule has 0 spiro atoms. The Bertz CT molecular complexity index is 706. The topological polar surface area (TPSA) is 36.4 Å². The highest BCUT2D eigenvalue weighted by Crippen LogP contribution is 2.19. The van der Waals surface area contributed by atoms with E-state index >= 15 is 0 Å². The minimum atomic E-state index is 0.216. The lowest BCUT2D eigenvalue weighted by Gasteiger charge is -2.34. The Morgan fingerprint density at radius 2 is 1.83 bits per heavy atom. The number of benzene rings is 1.